The molecule has 0 radical (unpaired) electrons. The van der Waals surface area contributed by atoms with Crippen molar-refractivity contribution < 1.29 is 14.3 Å². The van der Waals surface area contributed by atoms with Crippen molar-refractivity contribution in [1.82, 2.24) is 9.13 Å². The largest absolute Gasteiger partial charge is 0.475 e. The Morgan fingerprint density at radius 1 is 1.29 bits per heavy atom. The molecule has 0 aliphatic rings. The van der Waals surface area contributed by atoms with Crippen LogP contribution in [-0.2, 0) is 13.6 Å². The van der Waals surface area contributed by atoms with Crippen molar-refractivity contribution in [2.45, 2.75) is 13.5 Å². The Hall–Kier alpha value is -2.76. The first-order valence-electron chi connectivity index (χ1n) is 6.46. The number of benzene rings is 1. The SMILES string of the molecule is Cc1cc(Cn2c(=O)n(C)c3ccccc32)oc1C(=O)O. The highest BCUT2D eigenvalue weighted by atomic mass is 16.4. The fraction of sp³-hybridized carbons (Fsp3) is 0.200. The van der Waals surface area contributed by atoms with Gasteiger partial charge in [0.15, 0.2) is 0 Å². The highest BCUT2D eigenvalue weighted by Crippen LogP contribution is 2.18. The third kappa shape index (κ3) is 2.05. The first kappa shape index (κ1) is 13.2. The third-order valence-electron chi connectivity index (χ3n) is 3.53. The number of para-hydroxylation sites is 2. The lowest BCUT2D eigenvalue weighted by molar-refractivity contribution is 0.0659. The molecule has 0 fully saturated rings. The van der Waals surface area contributed by atoms with Gasteiger partial charge < -0.3 is 9.52 Å². The number of aromatic carboxylic acids is 1. The van der Waals surface area contributed by atoms with Crippen LogP contribution in [-0.4, -0.2) is 20.2 Å². The van der Waals surface area contributed by atoms with E-state index in [2.05, 4.69) is 0 Å². The van der Waals surface area contributed by atoms with E-state index in [1.165, 1.54) is 0 Å². The Bertz CT molecular complexity index is 898. The molecule has 2 aromatic heterocycles. The van der Waals surface area contributed by atoms with Gasteiger partial charge in [-0.25, -0.2) is 9.59 Å². The molecular weight excluding hydrogens is 272 g/mol. The van der Waals surface area contributed by atoms with Gasteiger partial charge in [-0.1, -0.05) is 12.1 Å². The lowest BCUT2D eigenvalue weighted by atomic mass is 10.2. The zero-order chi connectivity index (χ0) is 15.1. The molecule has 3 aromatic rings. The summed E-state index contributed by atoms with van der Waals surface area (Å²) in [6.45, 7) is 1.87. The summed E-state index contributed by atoms with van der Waals surface area (Å²) in [5, 5.41) is 9.01. The molecule has 3 rings (SSSR count). The summed E-state index contributed by atoms with van der Waals surface area (Å²) < 4.78 is 8.45. The molecule has 0 atom stereocenters. The molecular formula is C15H14N2O4. The van der Waals surface area contributed by atoms with Crippen molar-refractivity contribution in [3.63, 3.8) is 0 Å². The zero-order valence-corrected chi connectivity index (χ0v) is 11.7. The second-order valence-corrected chi connectivity index (χ2v) is 4.95. The number of fused-ring (bicyclic) bond motifs is 1. The number of furan rings is 1. The van der Waals surface area contributed by atoms with E-state index >= 15 is 0 Å². The van der Waals surface area contributed by atoms with Crippen LogP contribution < -0.4 is 5.69 Å². The lowest BCUT2D eigenvalue weighted by Gasteiger charge is -1.99. The Morgan fingerprint density at radius 2 is 1.95 bits per heavy atom. The van der Waals surface area contributed by atoms with Crippen LogP contribution in [0.4, 0.5) is 0 Å². The summed E-state index contributed by atoms with van der Waals surface area (Å²) >= 11 is 0. The van der Waals surface area contributed by atoms with Crippen LogP contribution in [0.2, 0.25) is 0 Å². The van der Waals surface area contributed by atoms with Crippen molar-refractivity contribution in [1.29, 1.82) is 0 Å². The first-order valence-corrected chi connectivity index (χ1v) is 6.46. The first-order chi connectivity index (χ1) is 9.99. The van der Waals surface area contributed by atoms with Gasteiger partial charge in [-0.05, 0) is 25.1 Å². The number of carboxylic acids is 1. The highest BCUT2D eigenvalue weighted by molar-refractivity contribution is 5.86. The average Bonchev–Trinajstić information content (AvgIpc) is 2.94. The minimum absolute atomic E-state index is 0.0849. The van der Waals surface area contributed by atoms with E-state index in [-0.39, 0.29) is 18.0 Å². The fourth-order valence-electron chi connectivity index (χ4n) is 2.51. The summed E-state index contributed by atoms with van der Waals surface area (Å²) in [6.07, 6.45) is 0. The molecule has 0 saturated heterocycles. The molecule has 1 N–H and O–H groups in total. The molecule has 6 heteroatoms. The van der Waals surface area contributed by atoms with Gasteiger partial charge in [0.05, 0.1) is 17.6 Å². The second kappa shape index (κ2) is 4.66. The number of aromatic nitrogens is 2. The molecule has 0 aliphatic carbocycles. The summed E-state index contributed by atoms with van der Waals surface area (Å²) in [5.74, 6) is -0.745. The van der Waals surface area contributed by atoms with Crippen LogP contribution in [0.1, 0.15) is 21.9 Å². The van der Waals surface area contributed by atoms with Crippen molar-refractivity contribution in [2.24, 2.45) is 7.05 Å². The van der Waals surface area contributed by atoms with Crippen LogP contribution in [0.15, 0.2) is 39.5 Å². The number of aryl methyl sites for hydroxylation is 2. The average molecular weight is 286 g/mol. The molecule has 1 aromatic carbocycles. The van der Waals surface area contributed by atoms with E-state index in [1.54, 1.807) is 29.2 Å². The van der Waals surface area contributed by atoms with Gasteiger partial charge in [-0.15, -0.1) is 0 Å². The summed E-state index contributed by atoms with van der Waals surface area (Å²) in [7, 11) is 1.71. The molecule has 0 aliphatic heterocycles. The number of hydrogen-bond donors (Lipinski definition) is 1. The molecule has 0 spiro atoms. The molecule has 0 amide bonds. The van der Waals surface area contributed by atoms with E-state index in [0.29, 0.717) is 11.3 Å². The molecule has 108 valence electrons. The smallest absolute Gasteiger partial charge is 0.372 e. The number of hydrogen-bond acceptors (Lipinski definition) is 3. The normalized spacial score (nSPS) is 11.1. The maximum absolute atomic E-state index is 12.3. The second-order valence-electron chi connectivity index (χ2n) is 4.95. The maximum atomic E-state index is 12.3. The van der Waals surface area contributed by atoms with Crippen molar-refractivity contribution in [3.05, 3.63) is 57.9 Å². The van der Waals surface area contributed by atoms with Crippen LogP contribution in [0.25, 0.3) is 11.0 Å². The Labute approximate surface area is 119 Å². The van der Waals surface area contributed by atoms with Crippen LogP contribution >= 0.6 is 0 Å². The molecule has 6 nitrogen and oxygen atoms in total. The molecule has 0 saturated carbocycles. The van der Waals surface area contributed by atoms with Crippen LogP contribution in [0, 0.1) is 6.92 Å². The number of rotatable bonds is 3. The van der Waals surface area contributed by atoms with Gasteiger partial charge in [0.25, 0.3) is 0 Å². The third-order valence-corrected chi connectivity index (χ3v) is 3.53. The summed E-state index contributed by atoms with van der Waals surface area (Å²) in [4.78, 5) is 23.3. The summed E-state index contributed by atoms with van der Waals surface area (Å²) in [6, 6.07) is 9.09. The standard InChI is InChI=1S/C15H14N2O4/c1-9-7-10(21-13(9)14(18)19)8-17-12-6-4-3-5-11(12)16(2)15(17)20/h3-7H,8H2,1-2H3,(H,18,19). The Morgan fingerprint density at radius 3 is 2.57 bits per heavy atom. The van der Waals surface area contributed by atoms with E-state index in [4.69, 9.17) is 9.52 Å². The zero-order valence-electron chi connectivity index (χ0n) is 11.7. The van der Waals surface area contributed by atoms with Crippen molar-refractivity contribution >= 4 is 17.0 Å². The predicted molar refractivity (Wildman–Crippen MR) is 76.7 cm³/mol. The lowest BCUT2D eigenvalue weighted by Crippen LogP contribution is -2.22. The van der Waals surface area contributed by atoms with Crippen LogP contribution in [0.3, 0.4) is 0 Å². The van der Waals surface area contributed by atoms with E-state index in [1.807, 2.05) is 24.3 Å². The Balaban J connectivity index is 2.10. The Kier molecular flexibility index (Phi) is 2.94. The summed E-state index contributed by atoms with van der Waals surface area (Å²) in [5.41, 5.74) is 1.99. The van der Waals surface area contributed by atoms with Gasteiger partial charge in [-0.2, -0.15) is 0 Å². The molecule has 2 heterocycles. The van der Waals surface area contributed by atoms with Gasteiger partial charge in [-0.3, -0.25) is 9.13 Å². The quantitative estimate of drug-likeness (QED) is 0.798. The molecule has 0 bridgehead atoms. The minimum atomic E-state index is -1.11. The highest BCUT2D eigenvalue weighted by Gasteiger charge is 2.17. The molecule has 21 heavy (non-hydrogen) atoms. The topological polar surface area (TPSA) is 77.4 Å². The van der Waals surface area contributed by atoms with E-state index in [9.17, 15) is 9.59 Å². The minimum Gasteiger partial charge on any atom is -0.475 e. The number of carbonyl (C=O) groups is 1. The molecule has 0 unspecified atom stereocenters. The fourth-order valence-corrected chi connectivity index (χ4v) is 2.51. The number of nitrogens with zero attached hydrogens (tertiary/aromatic N) is 2. The number of imidazole rings is 1. The van der Waals surface area contributed by atoms with Gasteiger partial charge in [0.1, 0.15) is 5.76 Å². The van der Waals surface area contributed by atoms with E-state index in [0.717, 1.165) is 11.0 Å². The van der Waals surface area contributed by atoms with Crippen LogP contribution in [0.5, 0.6) is 0 Å². The van der Waals surface area contributed by atoms with Crippen molar-refractivity contribution in [3.8, 4) is 0 Å². The number of carboxylic acid groups (broad SMARTS) is 1. The van der Waals surface area contributed by atoms with Gasteiger partial charge in [0.2, 0.25) is 5.76 Å². The predicted octanol–water partition coefficient (Wildman–Crippen LogP) is 1.99. The van der Waals surface area contributed by atoms with Gasteiger partial charge >= 0.3 is 11.7 Å². The maximum Gasteiger partial charge on any atom is 0.372 e. The monoisotopic (exact) mass is 286 g/mol. The van der Waals surface area contributed by atoms with E-state index < -0.39 is 5.97 Å². The van der Waals surface area contributed by atoms with Gasteiger partial charge in [0, 0.05) is 12.6 Å². The van der Waals surface area contributed by atoms with Crippen molar-refractivity contribution in [2.75, 3.05) is 0 Å².